The van der Waals surface area contributed by atoms with E-state index in [1.54, 1.807) is 12.1 Å². The smallest absolute Gasteiger partial charge is 0.331 e. The lowest BCUT2D eigenvalue weighted by molar-refractivity contribution is -0.133. The Hall–Kier alpha value is -2.50. The summed E-state index contributed by atoms with van der Waals surface area (Å²) in [5, 5.41) is 11.5. The third kappa shape index (κ3) is 2.90. The maximum atomic E-state index is 11.8. The second-order valence-electron chi connectivity index (χ2n) is 4.43. The predicted octanol–water partition coefficient (Wildman–Crippen LogP) is 1.45. The number of carbonyl (C=O) groups excluding carboxylic acids is 1. The molecule has 0 unspecified atom stereocenters. The van der Waals surface area contributed by atoms with E-state index in [0.717, 1.165) is 5.56 Å². The van der Waals surface area contributed by atoms with E-state index in [4.69, 9.17) is 14.6 Å². The van der Waals surface area contributed by atoms with Crippen molar-refractivity contribution in [3.63, 3.8) is 0 Å². The van der Waals surface area contributed by atoms with Crippen LogP contribution in [0.15, 0.2) is 29.3 Å². The highest BCUT2D eigenvalue weighted by molar-refractivity contribution is 6.01. The van der Waals surface area contributed by atoms with Gasteiger partial charge in [-0.3, -0.25) is 4.79 Å². The molecule has 20 heavy (non-hydrogen) atoms. The van der Waals surface area contributed by atoms with Crippen molar-refractivity contribution in [3.05, 3.63) is 34.9 Å². The van der Waals surface area contributed by atoms with Gasteiger partial charge in [-0.2, -0.15) is 0 Å². The minimum Gasteiger partial charge on any atom is -0.478 e. The summed E-state index contributed by atoms with van der Waals surface area (Å²) in [4.78, 5) is 22.6. The first-order valence-corrected chi connectivity index (χ1v) is 6.06. The van der Waals surface area contributed by atoms with Crippen molar-refractivity contribution in [3.8, 4) is 11.5 Å². The van der Waals surface area contributed by atoms with Crippen molar-refractivity contribution in [2.24, 2.45) is 0 Å². The highest BCUT2D eigenvalue weighted by Gasteiger charge is 2.15. The van der Waals surface area contributed by atoms with Crippen molar-refractivity contribution >= 4 is 11.9 Å². The molecule has 0 radical (unpaired) electrons. The van der Waals surface area contributed by atoms with Crippen LogP contribution in [0.4, 0.5) is 0 Å². The van der Waals surface area contributed by atoms with Crippen LogP contribution < -0.4 is 14.8 Å². The summed E-state index contributed by atoms with van der Waals surface area (Å²) in [6.07, 6.45) is 0. The molecule has 0 aromatic heterocycles. The quantitative estimate of drug-likeness (QED) is 0.814. The molecule has 1 aromatic carbocycles. The molecule has 106 valence electrons. The zero-order valence-corrected chi connectivity index (χ0v) is 11.2. The molecule has 2 rings (SSSR count). The van der Waals surface area contributed by atoms with Crippen molar-refractivity contribution in [1.82, 2.24) is 5.32 Å². The first kappa shape index (κ1) is 13.9. The lowest BCUT2D eigenvalue weighted by Crippen LogP contribution is -2.25. The van der Waals surface area contributed by atoms with Crippen LogP contribution in [-0.2, 0) is 16.1 Å². The number of hydrogen-bond donors (Lipinski definition) is 2. The molecule has 1 heterocycles. The molecule has 0 saturated carbocycles. The van der Waals surface area contributed by atoms with Crippen molar-refractivity contribution in [2.45, 2.75) is 20.4 Å². The van der Waals surface area contributed by atoms with Gasteiger partial charge in [0, 0.05) is 17.7 Å². The van der Waals surface area contributed by atoms with Gasteiger partial charge in [0.2, 0.25) is 12.7 Å². The Morgan fingerprint density at radius 3 is 2.60 bits per heavy atom. The second kappa shape index (κ2) is 5.64. The lowest BCUT2D eigenvalue weighted by atomic mass is 10.1. The van der Waals surface area contributed by atoms with Crippen LogP contribution in [0.2, 0.25) is 0 Å². The number of carbonyl (C=O) groups is 2. The molecule has 0 aliphatic carbocycles. The molecule has 0 fully saturated rings. The largest absolute Gasteiger partial charge is 0.478 e. The topological polar surface area (TPSA) is 84.9 Å². The third-order valence-corrected chi connectivity index (χ3v) is 3.11. The standard InChI is InChI=1S/C14H15NO5/c1-8(9(2)14(17)18)13(16)15-6-10-3-4-11-12(5-10)20-7-19-11/h3-5H,6-7H2,1-2H3,(H,15,16)(H,17,18). The van der Waals surface area contributed by atoms with E-state index in [0.29, 0.717) is 18.0 Å². The fourth-order valence-electron chi connectivity index (χ4n) is 1.70. The zero-order valence-electron chi connectivity index (χ0n) is 11.2. The molecule has 1 amide bonds. The molecule has 0 saturated heterocycles. The predicted molar refractivity (Wildman–Crippen MR) is 70.4 cm³/mol. The van der Waals surface area contributed by atoms with Crippen LogP contribution in [0.3, 0.4) is 0 Å². The van der Waals surface area contributed by atoms with Gasteiger partial charge in [0.1, 0.15) is 0 Å². The average Bonchev–Trinajstić information content (AvgIpc) is 2.90. The van der Waals surface area contributed by atoms with Crippen molar-refractivity contribution in [1.29, 1.82) is 0 Å². The number of nitrogens with one attached hydrogen (secondary N) is 1. The monoisotopic (exact) mass is 277 g/mol. The summed E-state index contributed by atoms with van der Waals surface area (Å²) in [7, 11) is 0. The molecule has 0 spiro atoms. The van der Waals surface area contributed by atoms with E-state index in [1.807, 2.05) is 6.07 Å². The zero-order chi connectivity index (χ0) is 14.7. The number of amides is 1. The SMILES string of the molecule is CC(C(=O)O)=C(C)C(=O)NCc1ccc2c(c1)OCO2. The van der Waals surface area contributed by atoms with E-state index < -0.39 is 11.9 Å². The summed E-state index contributed by atoms with van der Waals surface area (Å²) in [6.45, 7) is 3.38. The first-order valence-electron chi connectivity index (χ1n) is 6.06. The number of rotatable bonds is 4. The number of aliphatic carboxylic acids is 1. The Bertz CT molecular complexity index is 591. The van der Waals surface area contributed by atoms with Crippen LogP contribution in [-0.4, -0.2) is 23.8 Å². The van der Waals surface area contributed by atoms with Gasteiger partial charge in [-0.1, -0.05) is 6.07 Å². The van der Waals surface area contributed by atoms with Crippen molar-refractivity contribution in [2.75, 3.05) is 6.79 Å². The summed E-state index contributed by atoms with van der Waals surface area (Å²) < 4.78 is 10.4. The molecule has 2 N–H and O–H groups in total. The Balaban J connectivity index is 2.00. The fraction of sp³-hybridized carbons (Fsp3) is 0.286. The van der Waals surface area contributed by atoms with Gasteiger partial charge in [0.25, 0.3) is 0 Å². The van der Waals surface area contributed by atoms with Crippen LogP contribution in [0, 0.1) is 0 Å². The average molecular weight is 277 g/mol. The summed E-state index contributed by atoms with van der Waals surface area (Å²) in [5.41, 5.74) is 1.08. The van der Waals surface area contributed by atoms with E-state index in [1.165, 1.54) is 13.8 Å². The summed E-state index contributed by atoms with van der Waals surface area (Å²) in [6, 6.07) is 5.37. The molecule has 1 aliphatic heterocycles. The fourth-order valence-corrected chi connectivity index (χ4v) is 1.70. The molecule has 6 heteroatoms. The minimum absolute atomic E-state index is 0.0354. The lowest BCUT2D eigenvalue weighted by Gasteiger charge is -2.07. The molecule has 0 atom stereocenters. The van der Waals surface area contributed by atoms with Gasteiger partial charge in [-0.05, 0) is 31.5 Å². The number of ether oxygens (including phenoxy) is 2. The number of fused-ring (bicyclic) bond motifs is 1. The molecule has 1 aromatic rings. The second-order valence-corrected chi connectivity index (χ2v) is 4.43. The normalized spacial score (nSPS) is 13.7. The van der Waals surface area contributed by atoms with Gasteiger partial charge < -0.3 is 19.9 Å². The highest BCUT2D eigenvalue weighted by atomic mass is 16.7. The Kier molecular flexibility index (Phi) is 3.93. The maximum Gasteiger partial charge on any atom is 0.331 e. The van der Waals surface area contributed by atoms with Crippen LogP contribution >= 0.6 is 0 Å². The number of carboxylic acids is 1. The van der Waals surface area contributed by atoms with E-state index in [2.05, 4.69) is 5.32 Å². The van der Waals surface area contributed by atoms with Gasteiger partial charge >= 0.3 is 5.97 Å². The van der Waals surface area contributed by atoms with Crippen LogP contribution in [0.5, 0.6) is 11.5 Å². The third-order valence-electron chi connectivity index (χ3n) is 3.11. The maximum absolute atomic E-state index is 11.8. The highest BCUT2D eigenvalue weighted by Crippen LogP contribution is 2.32. The van der Waals surface area contributed by atoms with E-state index >= 15 is 0 Å². The van der Waals surface area contributed by atoms with Gasteiger partial charge in [0.05, 0.1) is 0 Å². The number of hydrogen-bond acceptors (Lipinski definition) is 4. The van der Waals surface area contributed by atoms with Gasteiger partial charge in [-0.15, -0.1) is 0 Å². The van der Waals surface area contributed by atoms with E-state index in [9.17, 15) is 9.59 Å². The molecular formula is C14H15NO5. The van der Waals surface area contributed by atoms with Gasteiger partial charge in [-0.25, -0.2) is 4.79 Å². The Morgan fingerprint density at radius 1 is 1.20 bits per heavy atom. The molecule has 1 aliphatic rings. The molecular weight excluding hydrogens is 262 g/mol. The Morgan fingerprint density at radius 2 is 1.90 bits per heavy atom. The van der Waals surface area contributed by atoms with Crippen LogP contribution in [0.1, 0.15) is 19.4 Å². The molecule has 0 bridgehead atoms. The minimum atomic E-state index is -1.10. The summed E-state index contributed by atoms with van der Waals surface area (Å²) in [5.74, 6) is -0.174. The van der Waals surface area contributed by atoms with Crippen molar-refractivity contribution < 1.29 is 24.2 Å². The number of carboxylic acid groups (broad SMARTS) is 1. The van der Waals surface area contributed by atoms with Crippen LogP contribution in [0.25, 0.3) is 0 Å². The van der Waals surface area contributed by atoms with E-state index in [-0.39, 0.29) is 17.9 Å². The first-order chi connectivity index (χ1) is 9.49. The summed E-state index contributed by atoms with van der Waals surface area (Å²) >= 11 is 0. The number of benzene rings is 1. The molecule has 6 nitrogen and oxygen atoms in total. The Labute approximate surface area is 116 Å². The van der Waals surface area contributed by atoms with Gasteiger partial charge in [0.15, 0.2) is 11.5 Å².